The second kappa shape index (κ2) is 10.2. The zero-order valence-electron chi connectivity index (χ0n) is 20.7. The van der Waals surface area contributed by atoms with Crippen molar-refractivity contribution in [3.05, 3.63) is 94.2 Å². The number of carboxylic acids is 1. The molecule has 4 aromatic rings. The molecule has 0 radical (unpaired) electrons. The van der Waals surface area contributed by atoms with E-state index in [2.05, 4.69) is 15.5 Å². The molecule has 212 valence electrons. The van der Waals surface area contributed by atoms with Gasteiger partial charge in [-0.1, -0.05) is 0 Å². The summed E-state index contributed by atoms with van der Waals surface area (Å²) in [6.45, 7) is -0.438. The maximum Gasteiger partial charge on any atom is 0.352 e. The first-order valence-electron chi connectivity index (χ1n) is 11.8. The highest BCUT2D eigenvalue weighted by molar-refractivity contribution is 7.89. The van der Waals surface area contributed by atoms with Gasteiger partial charge in [0.2, 0.25) is 15.9 Å². The van der Waals surface area contributed by atoms with Crippen molar-refractivity contribution in [1.29, 1.82) is 0 Å². The van der Waals surface area contributed by atoms with Crippen molar-refractivity contribution in [3.63, 3.8) is 0 Å². The number of halogens is 3. The molecule has 0 saturated carbocycles. The highest BCUT2D eigenvalue weighted by Crippen LogP contribution is 2.30. The molecule has 12 nitrogen and oxygen atoms in total. The van der Waals surface area contributed by atoms with Gasteiger partial charge < -0.3 is 20.7 Å². The van der Waals surface area contributed by atoms with Crippen molar-refractivity contribution in [2.45, 2.75) is 17.9 Å². The number of primary amides is 1. The number of amides is 2. The molecule has 41 heavy (non-hydrogen) atoms. The maximum absolute atomic E-state index is 15.7. The van der Waals surface area contributed by atoms with E-state index in [4.69, 9.17) is 5.73 Å². The smallest absolute Gasteiger partial charge is 0.352 e. The second-order valence-corrected chi connectivity index (χ2v) is 10.9. The number of benzene rings is 2. The van der Waals surface area contributed by atoms with E-state index in [1.807, 2.05) is 0 Å². The van der Waals surface area contributed by atoms with Gasteiger partial charge >= 0.3 is 5.97 Å². The Morgan fingerprint density at radius 1 is 1.07 bits per heavy atom. The third-order valence-corrected chi connectivity index (χ3v) is 8.27. The van der Waals surface area contributed by atoms with E-state index >= 15 is 4.39 Å². The molecule has 5 N–H and O–H groups in total. The van der Waals surface area contributed by atoms with E-state index in [0.29, 0.717) is 23.9 Å². The Balaban J connectivity index is 1.49. The molecule has 0 unspecified atom stereocenters. The monoisotopic (exact) mass is 588 g/mol. The fraction of sp³-hybridized carbons (Fsp3) is 0.120. The number of anilines is 1. The Kier molecular flexibility index (Phi) is 6.88. The Morgan fingerprint density at radius 3 is 2.44 bits per heavy atom. The molecule has 16 heteroatoms. The van der Waals surface area contributed by atoms with Gasteiger partial charge in [0.15, 0.2) is 11.6 Å². The van der Waals surface area contributed by atoms with E-state index in [-0.39, 0.29) is 42.3 Å². The molecule has 0 saturated heterocycles. The van der Waals surface area contributed by atoms with Crippen LogP contribution in [0, 0.1) is 17.5 Å². The van der Waals surface area contributed by atoms with Crippen molar-refractivity contribution in [1.82, 2.24) is 19.1 Å². The zero-order chi connectivity index (χ0) is 29.6. The number of aromatic nitrogens is 3. The molecule has 1 aliphatic rings. The average Bonchev–Trinajstić information content (AvgIpc) is 3.55. The number of hydrogen-bond donors (Lipinski definition) is 4. The molecule has 2 amide bonds. The lowest BCUT2D eigenvalue weighted by Gasteiger charge is -2.26. The van der Waals surface area contributed by atoms with Gasteiger partial charge in [-0.15, -0.1) is 0 Å². The first-order valence-corrected chi connectivity index (χ1v) is 13.2. The molecule has 3 heterocycles. The number of carbonyl (C=O) groups excluding carboxylic acids is 2. The van der Waals surface area contributed by atoms with Gasteiger partial charge in [0.1, 0.15) is 17.3 Å². The number of nitrogens with zero attached hydrogens (tertiary/aromatic N) is 3. The molecular weight excluding hydrogens is 569 g/mol. The minimum atomic E-state index is -4.36. The van der Waals surface area contributed by atoms with Gasteiger partial charge in [-0.25, -0.2) is 26.4 Å². The molecule has 0 fully saturated rings. The van der Waals surface area contributed by atoms with Crippen molar-refractivity contribution in [2.75, 3.05) is 11.9 Å². The topological polar surface area (TPSA) is 180 Å². The second-order valence-electron chi connectivity index (χ2n) is 8.93. The summed E-state index contributed by atoms with van der Waals surface area (Å²) in [7, 11) is -4.36. The number of nitrogens with two attached hydrogens (primary N) is 1. The Bertz CT molecular complexity index is 1830. The van der Waals surface area contributed by atoms with Crippen LogP contribution in [0.2, 0.25) is 0 Å². The van der Waals surface area contributed by atoms with Crippen molar-refractivity contribution in [2.24, 2.45) is 5.73 Å². The predicted octanol–water partition coefficient (Wildman–Crippen LogP) is 2.41. The minimum Gasteiger partial charge on any atom is -0.477 e. The number of aromatic amines is 1. The highest BCUT2D eigenvalue weighted by Gasteiger charge is 2.33. The maximum atomic E-state index is 15.7. The molecule has 0 bridgehead atoms. The van der Waals surface area contributed by atoms with Gasteiger partial charge in [-0.2, -0.15) is 9.40 Å². The summed E-state index contributed by atoms with van der Waals surface area (Å²) in [5.41, 5.74) is 4.02. The lowest BCUT2D eigenvalue weighted by molar-refractivity contribution is 0.0687. The number of hydrogen-bond acceptors (Lipinski definition) is 6. The molecule has 0 aliphatic carbocycles. The van der Waals surface area contributed by atoms with Crippen molar-refractivity contribution in [3.8, 4) is 5.69 Å². The largest absolute Gasteiger partial charge is 0.477 e. The summed E-state index contributed by atoms with van der Waals surface area (Å²) < 4.78 is 71.2. The lowest BCUT2D eigenvalue weighted by Crippen LogP contribution is -2.36. The first kappa shape index (κ1) is 27.6. The predicted molar refractivity (Wildman–Crippen MR) is 135 cm³/mol. The van der Waals surface area contributed by atoms with Gasteiger partial charge in [-0.3, -0.25) is 14.7 Å². The molecule has 0 spiro atoms. The van der Waals surface area contributed by atoms with E-state index in [0.717, 1.165) is 21.0 Å². The van der Waals surface area contributed by atoms with Crippen LogP contribution >= 0.6 is 0 Å². The quantitative estimate of drug-likeness (QED) is 0.256. The zero-order valence-corrected chi connectivity index (χ0v) is 21.5. The molecule has 5 rings (SSSR count). The number of fused-ring (bicyclic) bond motifs is 1. The molecular formula is C25H19F3N6O6S. The third-order valence-electron chi connectivity index (χ3n) is 6.45. The van der Waals surface area contributed by atoms with Crippen LogP contribution in [0.25, 0.3) is 5.69 Å². The Morgan fingerprint density at radius 2 is 1.78 bits per heavy atom. The molecule has 0 atom stereocenters. The molecule has 2 aromatic heterocycles. The van der Waals surface area contributed by atoms with E-state index in [9.17, 15) is 36.7 Å². The fourth-order valence-corrected chi connectivity index (χ4v) is 5.97. The Hall–Kier alpha value is -4.96. The van der Waals surface area contributed by atoms with Crippen molar-refractivity contribution < 1.29 is 41.1 Å². The fourth-order valence-electron chi connectivity index (χ4n) is 4.52. The van der Waals surface area contributed by atoms with Gasteiger partial charge in [0, 0.05) is 43.0 Å². The Labute approximate surface area is 229 Å². The number of aromatic carboxylic acids is 1. The van der Waals surface area contributed by atoms with E-state index < -0.39 is 61.3 Å². The third kappa shape index (κ3) is 4.93. The first-order chi connectivity index (χ1) is 19.4. The van der Waals surface area contributed by atoms with E-state index in [1.165, 1.54) is 18.3 Å². The van der Waals surface area contributed by atoms with Gasteiger partial charge in [0.25, 0.3) is 5.91 Å². The molecule has 1 aliphatic heterocycles. The average molecular weight is 589 g/mol. The van der Waals surface area contributed by atoms with Crippen LogP contribution < -0.4 is 11.1 Å². The number of carboxylic acid groups (broad SMARTS) is 1. The van der Waals surface area contributed by atoms with Gasteiger partial charge in [-0.05, 0) is 36.4 Å². The van der Waals surface area contributed by atoms with Crippen LogP contribution in [0.4, 0.5) is 19.0 Å². The van der Waals surface area contributed by atoms with Crippen LogP contribution in [0.3, 0.4) is 0 Å². The van der Waals surface area contributed by atoms with Crippen LogP contribution in [0.1, 0.15) is 42.5 Å². The summed E-state index contributed by atoms with van der Waals surface area (Å²) in [6.07, 6.45) is 1.34. The number of carbonyl (C=O) groups is 3. The molecule has 2 aromatic carbocycles. The van der Waals surface area contributed by atoms with Crippen LogP contribution in [0.5, 0.6) is 0 Å². The minimum absolute atomic E-state index is 0.0751. The summed E-state index contributed by atoms with van der Waals surface area (Å²) in [6, 6.07) is 6.59. The number of H-pyrrole nitrogens is 1. The van der Waals surface area contributed by atoms with Crippen LogP contribution in [0.15, 0.2) is 53.6 Å². The van der Waals surface area contributed by atoms with Crippen LogP contribution in [-0.2, 0) is 23.0 Å². The highest BCUT2D eigenvalue weighted by atomic mass is 32.2. The summed E-state index contributed by atoms with van der Waals surface area (Å²) in [5.74, 6) is -7.30. The number of sulfonamides is 1. The van der Waals surface area contributed by atoms with Gasteiger partial charge in [0.05, 0.1) is 21.7 Å². The number of nitrogens with one attached hydrogen (secondary N) is 2. The normalized spacial score (nSPS) is 13.5. The summed E-state index contributed by atoms with van der Waals surface area (Å²) in [5, 5.41) is 18.4. The summed E-state index contributed by atoms with van der Waals surface area (Å²) in [4.78, 5) is 36.3. The lowest BCUT2D eigenvalue weighted by atomic mass is 10.0. The number of rotatable bonds is 7. The van der Waals surface area contributed by atoms with E-state index in [1.54, 1.807) is 0 Å². The summed E-state index contributed by atoms with van der Waals surface area (Å²) >= 11 is 0. The van der Waals surface area contributed by atoms with Crippen molar-refractivity contribution >= 4 is 33.6 Å². The SMILES string of the molecule is NC(=O)c1ccc(-n2cccc2C(=O)O)c(F)c1C(=O)Nc1n[nH]c2c1CN(S(=O)(=O)c1cc(F)cc(F)c1)CC2. The standard InChI is InChI=1S/C25H19F3N6O6S/c26-12-8-13(27)10-14(9-12)41(39,40)33-7-5-17-16(11-33)23(32-31-17)30-24(36)20-15(22(29)35)3-4-18(21(20)28)34-6-1-2-19(34)25(37)38/h1-4,6,8-10H,5,7,11H2,(H2,29,35)(H,37,38)(H2,30,31,32,36). The van der Waals surface area contributed by atoms with Crippen LogP contribution in [-0.4, -0.2) is 56.9 Å².